The Morgan fingerprint density at radius 1 is 0.946 bits per heavy atom. The molecule has 0 spiro atoms. The quantitative estimate of drug-likeness (QED) is 0.408. The molecule has 1 heterocycles. The normalized spacial score (nSPS) is 11.9. The molecule has 0 radical (unpaired) electrons. The summed E-state index contributed by atoms with van der Waals surface area (Å²) in [7, 11) is 4.62. The van der Waals surface area contributed by atoms with Crippen molar-refractivity contribution in [2.24, 2.45) is 0 Å². The van der Waals surface area contributed by atoms with E-state index < -0.39 is 5.91 Å². The van der Waals surface area contributed by atoms with Gasteiger partial charge in [-0.2, -0.15) is 5.26 Å². The molecule has 37 heavy (non-hydrogen) atoms. The molecule has 1 N–H and O–H groups in total. The van der Waals surface area contributed by atoms with E-state index in [4.69, 9.17) is 14.2 Å². The Balaban J connectivity index is 1.90. The molecule has 0 bridgehead atoms. The number of nitrogens with one attached hydrogen (secondary N) is 1. The van der Waals surface area contributed by atoms with E-state index in [1.807, 2.05) is 12.1 Å². The fourth-order valence-electron chi connectivity index (χ4n) is 3.62. The van der Waals surface area contributed by atoms with Crippen molar-refractivity contribution in [3.8, 4) is 29.0 Å². The summed E-state index contributed by atoms with van der Waals surface area (Å²) >= 11 is 1.06. The van der Waals surface area contributed by atoms with Crippen molar-refractivity contribution >= 4 is 34.6 Å². The largest absolute Gasteiger partial charge is 0.497 e. The third kappa shape index (κ3) is 5.39. The number of benzene rings is 3. The van der Waals surface area contributed by atoms with Crippen molar-refractivity contribution in [1.82, 2.24) is 4.57 Å². The Morgan fingerprint density at radius 3 is 2.27 bits per heavy atom. The Kier molecular flexibility index (Phi) is 7.71. The molecule has 0 aliphatic rings. The van der Waals surface area contributed by atoms with Crippen molar-refractivity contribution in [2.45, 2.75) is 0 Å². The zero-order chi connectivity index (χ0) is 26.4. The van der Waals surface area contributed by atoms with Crippen LogP contribution in [-0.2, 0) is 4.79 Å². The number of anilines is 1. The van der Waals surface area contributed by atoms with Gasteiger partial charge >= 0.3 is 0 Å². The van der Waals surface area contributed by atoms with Crippen molar-refractivity contribution in [3.63, 3.8) is 0 Å². The first-order valence-corrected chi connectivity index (χ1v) is 11.9. The van der Waals surface area contributed by atoms with Gasteiger partial charge in [0, 0.05) is 5.69 Å². The van der Waals surface area contributed by atoms with Gasteiger partial charge in [0.2, 0.25) is 0 Å². The van der Waals surface area contributed by atoms with Gasteiger partial charge in [0.25, 0.3) is 11.5 Å². The molecule has 8 nitrogen and oxygen atoms in total. The first kappa shape index (κ1) is 25.3. The molecule has 3 aromatic carbocycles. The highest BCUT2D eigenvalue weighted by Gasteiger charge is 2.17. The minimum Gasteiger partial charge on any atom is -0.497 e. The summed E-state index contributed by atoms with van der Waals surface area (Å²) < 4.78 is 17.7. The van der Waals surface area contributed by atoms with E-state index in [2.05, 4.69) is 5.32 Å². The van der Waals surface area contributed by atoms with Crippen LogP contribution in [0.3, 0.4) is 0 Å². The smallest absolute Gasteiger partial charge is 0.273 e. The lowest BCUT2D eigenvalue weighted by molar-refractivity contribution is -0.111. The predicted octanol–water partition coefficient (Wildman–Crippen LogP) is 3.07. The maximum absolute atomic E-state index is 13.6. The fraction of sp³-hybridized carbons (Fsp3) is 0.107. The molecule has 4 aromatic rings. The van der Waals surface area contributed by atoms with Gasteiger partial charge in [0.1, 0.15) is 16.5 Å². The molecule has 186 valence electrons. The van der Waals surface area contributed by atoms with Crippen molar-refractivity contribution in [2.75, 3.05) is 26.6 Å². The fourth-order valence-corrected chi connectivity index (χ4v) is 4.72. The molecular formula is C28H23N3O5S. The summed E-state index contributed by atoms with van der Waals surface area (Å²) in [4.78, 5) is 26.7. The van der Waals surface area contributed by atoms with Crippen LogP contribution in [0.4, 0.5) is 5.69 Å². The van der Waals surface area contributed by atoms with Crippen LogP contribution >= 0.6 is 11.3 Å². The zero-order valence-electron chi connectivity index (χ0n) is 20.3. The molecule has 0 saturated heterocycles. The number of hydrogen-bond acceptors (Lipinski definition) is 7. The summed E-state index contributed by atoms with van der Waals surface area (Å²) in [6, 6.07) is 22.9. The molecule has 0 unspecified atom stereocenters. The van der Waals surface area contributed by atoms with Crippen LogP contribution in [0.1, 0.15) is 5.56 Å². The molecule has 0 aliphatic heterocycles. The topological polar surface area (TPSA) is 103 Å². The minimum atomic E-state index is -0.628. The van der Waals surface area contributed by atoms with Crippen LogP contribution in [0.2, 0.25) is 0 Å². The van der Waals surface area contributed by atoms with Crippen LogP contribution in [0.15, 0.2) is 77.6 Å². The van der Waals surface area contributed by atoms with Crippen molar-refractivity contribution in [1.29, 1.82) is 5.26 Å². The first-order chi connectivity index (χ1) is 18.0. The predicted molar refractivity (Wildman–Crippen MR) is 143 cm³/mol. The lowest BCUT2D eigenvalue weighted by Crippen LogP contribution is -2.32. The second-order valence-corrected chi connectivity index (χ2v) is 8.71. The third-order valence-corrected chi connectivity index (χ3v) is 6.54. The van der Waals surface area contributed by atoms with E-state index >= 15 is 0 Å². The number of para-hydroxylation sites is 1. The summed E-state index contributed by atoms with van der Waals surface area (Å²) in [5.74, 6) is 1.08. The van der Waals surface area contributed by atoms with E-state index in [1.165, 1.54) is 11.7 Å². The van der Waals surface area contributed by atoms with Gasteiger partial charge in [0.15, 0.2) is 17.1 Å². The number of thiazole rings is 1. The van der Waals surface area contributed by atoms with Crippen LogP contribution in [0.5, 0.6) is 17.2 Å². The van der Waals surface area contributed by atoms with E-state index in [9.17, 15) is 14.9 Å². The highest BCUT2D eigenvalue weighted by molar-refractivity contribution is 7.07. The van der Waals surface area contributed by atoms with Crippen LogP contribution < -0.4 is 34.3 Å². The number of hydrogen-bond donors (Lipinski definition) is 1. The monoisotopic (exact) mass is 513 g/mol. The number of ether oxygens (including phenoxy) is 3. The summed E-state index contributed by atoms with van der Waals surface area (Å²) in [6.07, 6.45) is 1.69. The summed E-state index contributed by atoms with van der Waals surface area (Å²) in [6.45, 7) is 0. The molecule has 9 heteroatoms. The number of rotatable bonds is 7. The van der Waals surface area contributed by atoms with Crippen LogP contribution in [0, 0.1) is 11.3 Å². The van der Waals surface area contributed by atoms with E-state index in [-0.39, 0.29) is 15.8 Å². The molecule has 1 amide bonds. The maximum atomic E-state index is 13.6. The lowest BCUT2D eigenvalue weighted by Gasteiger charge is -2.07. The van der Waals surface area contributed by atoms with Gasteiger partial charge in [-0.15, -0.1) is 11.3 Å². The maximum Gasteiger partial charge on any atom is 0.273 e. The van der Waals surface area contributed by atoms with E-state index in [0.29, 0.717) is 38.7 Å². The number of aromatic nitrogens is 1. The molecule has 0 fully saturated rings. The number of carbonyl (C=O) groups is 1. The Bertz CT molecular complexity index is 1650. The highest BCUT2D eigenvalue weighted by atomic mass is 32.1. The van der Waals surface area contributed by atoms with E-state index in [1.54, 1.807) is 87.0 Å². The Labute approximate surface area is 216 Å². The van der Waals surface area contributed by atoms with E-state index in [0.717, 1.165) is 11.3 Å². The third-order valence-electron chi connectivity index (χ3n) is 5.44. The molecule has 0 atom stereocenters. The van der Waals surface area contributed by atoms with Gasteiger partial charge in [-0.05, 0) is 60.2 Å². The number of amides is 1. The first-order valence-electron chi connectivity index (χ1n) is 11.1. The standard InChI is InChI=1S/C28H23N3O5S/c1-34-21-12-10-19(11-13-21)30-26(32)22(17-29)28-31(20-7-5-4-6-8-20)27(33)25(37-28)16-18-9-14-23(35-2)24(15-18)36-3/h4-16H,1-3H3,(H,30,32). The lowest BCUT2D eigenvalue weighted by atomic mass is 10.2. The molecule has 0 aliphatic carbocycles. The van der Waals surface area contributed by atoms with Gasteiger partial charge in [0.05, 0.1) is 31.5 Å². The van der Waals surface area contributed by atoms with Gasteiger partial charge in [-0.3, -0.25) is 14.2 Å². The number of nitriles is 1. The molecule has 1 aromatic heterocycles. The number of methoxy groups -OCH3 is 3. The number of nitrogens with zero attached hydrogens (tertiary/aromatic N) is 2. The van der Waals surface area contributed by atoms with Crippen LogP contribution in [0.25, 0.3) is 17.3 Å². The van der Waals surface area contributed by atoms with Gasteiger partial charge in [-0.25, -0.2) is 0 Å². The summed E-state index contributed by atoms with van der Waals surface area (Å²) in [5.41, 5.74) is 1.18. The second-order valence-electron chi connectivity index (χ2n) is 7.68. The molecular weight excluding hydrogens is 490 g/mol. The minimum absolute atomic E-state index is 0.186. The molecule has 4 rings (SSSR count). The van der Waals surface area contributed by atoms with Gasteiger partial charge < -0.3 is 19.5 Å². The summed E-state index contributed by atoms with van der Waals surface area (Å²) in [5, 5.41) is 12.7. The molecule has 0 saturated carbocycles. The number of carbonyl (C=O) groups excluding carboxylic acids is 1. The van der Waals surface area contributed by atoms with Crippen molar-refractivity contribution < 1.29 is 19.0 Å². The van der Waals surface area contributed by atoms with Crippen molar-refractivity contribution in [3.05, 3.63) is 97.9 Å². The SMILES string of the molecule is COc1ccc(NC(=O)C(C#N)=c2sc(=Cc3ccc(OC)c(OC)c3)c(=O)n2-c2ccccc2)cc1. The van der Waals surface area contributed by atoms with Crippen LogP contribution in [-0.4, -0.2) is 31.8 Å². The van der Waals surface area contributed by atoms with Gasteiger partial charge in [-0.1, -0.05) is 24.3 Å². The second kappa shape index (κ2) is 11.3. The Morgan fingerprint density at radius 2 is 1.65 bits per heavy atom. The average molecular weight is 514 g/mol. The zero-order valence-corrected chi connectivity index (χ0v) is 21.2. The average Bonchev–Trinajstić information content (AvgIpc) is 3.24. The Hall–Kier alpha value is -4.81. The highest BCUT2D eigenvalue weighted by Crippen LogP contribution is 2.27.